The second-order valence-corrected chi connectivity index (χ2v) is 4.76. The zero-order valence-corrected chi connectivity index (χ0v) is 12.6. The van der Waals surface area contributed by atoms with Crippen LogP contribution in [0.4, 0.5) is 0 Å². The molecule has 0 radical (unpaired) electrons. The van der Waals surface area contributed by atoms with Crippen molar-refractivity contribution in [3.8, 4) is 5.75 Å². The van der Waals surface area contributed by atoms with Gasteiger partial charge in [0.15, 0.2) is 0 Å². The predicted molar refractivity (Wildman–Crippen MR) is 76.8 cm³/mol. The molecule has 0 bridgehead atoms. The molecule has 1 aromatic carbocycles. The molecule has 20 heavy (non-hydrogen) atoms. The van der Waals surface area contributed by atoms with Gasteiger partial charge < -0.3 is 19.1 Å². The first-order valence-corrected chi connectivity index (χ1v) is 6.57. The van der Waals surface area contributed by atoms with Gasteiger partial charge in [-0.1, -0.05) is 12.1 Å². The minimum Gasteiger partial charge on any atom is -0.464 e. The van der Waals surface area contributed by atoms with Crippen molar-refractivity contribution in [1.29, 1.82) is 0 Å². The summed E-state index contributed by atoms with van der Waals surface area (Å²) in [7, 11) is 6.83. The minimum atomic E-state index is -1.03. The molecule has 112 valence electrons. The fraction of sp³-hybridized carbons (Fsp3) is 0.533. The highest BCUT2D eigenvalue weighted by atomic mass is 16.7. The van der Waals surface area contributed by atoms with E-state index in [0.717, 1.165) is 19.4 Å². The fourth-order valence-electron chi connectivity index (χ4n) is 1.75. The minimum absolute atomic E-state index is 0.553. The number of esters is 1. The third-order valence-corrected chi connectivity index (χ3v) is 2.84. The Morgan fingerprint density at radius 1 is 1.20 bits per heavy atom. The van der Waals surface area contributed by atoms with Gasteiger partial charge in [-0.25, -0.2) is 4.79 Å². The molecular formula is C15H23NO4. The topological polar surface area (TPSA) is 48.0 Å². The monoisotopic (exact) mass is 281 g/mol. The van der Waals surface area contributed by atoms with Crippen molar-refractivity contribution >= 4 is 5.97 Å². The molecule has 1 atom stereocenters. The van der Waals surface area contributed by atoms with Crippen molar-refractivity contribution in [3.05, 3.63) is 29.8 Å². The van der Waals surface area contributed by atoms with E-state index in [4.69, 9.17) is 9.47 Å². The molecule has 5 nitrogen and oxygen atoms in total. The van der Waals surface area contributed by atoms with Crippen LogP contribution in [-0.4, -0.2) is 52.0 Å². The summed E-state index contributed by atoms with van der Waals surface area (Å²) in [5.41, 5.74) is 1.24. The number of carbonyl (C=O) groups excluding carboxylic acids is 1. The lowest BCUT2D eigenvalue weighted by atomic mass is 10.1. The van der Waals surface area contributed by atoms with Gasteiger partial charge in [-0.05, 0) is 51.2 Å². The fourth-order valence-corrected chi connectivity index (χ4v) is 1.75. The molecule has 0 N–H and O–H groups in total. The van der Waals surface area contributed by atoms with Crippen LogP contribution in [0.15, 0.2) is 24.3 Å². The molecule has 0 amide bonds. The van der Waals surface area contributed by atoms with E-state index >= 15 is 0 Å². The molecule has 0 aliphatic carbocycles. The number of hydrogen-bond acceptors (Lipinski definition) is 5. The molecule has 0 aliphatic heterocycles. The number of rotatable bonds is 8. The van der Waals surface area contributed by atoms with E-state index in [0.29, 0.717) is 5.75 Å². The maximum atomic E-state index is 11.3. The number of hydrogen-bond donors (Lipinski definition) is 0. The lowest BCUT2D eigenvalue weighted by Crippen LogP contribution is -2.30. The Labute approximate surface area is 120 Å². The van der Waals surface area contributed by atoms with Gasteiger partial charge in [-0.2, -0.15) is 0 Å². The molecule has 0 aromatic heterocycles. The number of methoxy groups -OCH3 is 2. The highest BCUT2D eigenvalue weighted by Crippen LogP contribution is 2.15. The van der Waals surface area contributed by atoms with Gasteiger partial charge >= 0.3 is 5.97 Å². The summed E-state index contributed by atoms with van der Waals surface area (Å²) >= 11 is 0. The van der Waals surface area contributed by atoms with Crippen LogP contribution in [0.3, 0.4) is 0 Å². The van der Waals surface area contributed by atoms with Gasteiger partial charge in [-0.3, -0.25) is 0 Å². The average molecular weight is 281 g/mol. The second-order valence-electron chi connectivity index (χ2n) is 4.76. The summed E-state index contributed by atoms with van der Waals surface area (Å²) < 4.78 is 14.9. The Hall–Kier alpha value is -1.59. The smallest absolute Gasteiger partial charge is 0.376 e. The summed E-state index contributed by atoms with van der Waals surface area (Å²) in [6, 6.07) is 7.66. The summed E-state index contributed by atoms with van der Waals surface area (Å²) in [5, 5.41) is 0. The molecule has 1 unspecified atom stereocenters. The third kappa shape index (κ3) is 5.59. The van der Waals surface area contributed by atoms with E-state index in [-0.39, 0.29) is 0 Å². The van der Waals surface area contributed by atoms with Crippen LogP contribution in [0.5, 0.6) is 5.75 Å². The van der Waals surface area contributed by atoms with Gasteiger partial charge in [0.05, 0.1) is 7.11 Å². The van der Waals surface area contributed by atoms with Crippen molar-refractivity contribution in [2.45, 2.75) is 19.1 Å². The Kier molecular flexibility index (Phi) is 7.04. The normalized spacial score (nSPS) is 12.2. The number of nitrogens with zero attached hydrogens (tertiary/aromatic N) is 1. The van der Waals surface area contributed by atoms with Crippen molar-refractivity contribution in [1.82, 2.24) is 4.90 Å². The standard InChI is InChI=1S/C15H23NO4/c1-16(2)11-5-6-12-7-9-13(10-8-12)20-15(19-4)14(17)18-3/h7-10,15H,5-6,11H2,1-4H3. The number of carbonyl (C=O) groups is 1. The molecule has 1 aromatic rings. The number of ether oxygens (including phenoxy) is 3. The quantitative estimate of drug-likeness (QED) is 0.536. The largest absolute Gasteiger partial charge is 0.464 e. The first kappa shape index (κ1) is 16.5. The summed E-state index contributed by atoms with van der Waals surface area (Å²) in [5.74, 6) is 0.0289. The van der Waals surface area contributed by atoms with E-state index in [1.54, 1.807) is 0 Å². The van der Waals surface area contributed by atoms with E-state index in [1.807, 2.05) is 24.3 Å². The Bertz CT molecular complexity index is 403. The van der Waals surface area contributed by atoms with Crippen LogP contribution in [-0.2, 0) is 20.7 Å². The zero-order valence-electron chi connectivity index (χ0n) is 12.6. The lowest BCUT2D eigenvalue weighted by Gasteiger charge is -2.15. The van der Waals surface area contributed by atoms with Crippen LogP contribution in [0.1, 0.15) is 12.0 Å². The molecule has 0 aliphatic rings. The molecule has 0 spiro atoms. The summed E-state index contributed by atoms with van der Waals surface area (Å²) in [6.45, 7) is 1.06. The van der Waals surface area contributed by atoms with Crippen molar-refractivity contribution in [2.75, 3.05) is 34.9 Å². The molecule has 0 fully saturated rings. The maximum Gasteiger partial charge on any atom is 0.376 e. The van der Waals surface area contributed by atoms with Crippen LogP contribution in [0, 0.1) is 0 Å². The van der Waals surface area contributed by atoms with E-state index < -0.39 is 12.3 Å². The zero-order chi connectivity index (χ0) is 15.0. The van der Waals surface area contributed by atoms with E-state index in [1.165, 1.54) is 19.8 Å². The Morgan fingerprint density at radius 2 is 1.85 bits per heavy atom. The molecule has 5 heteroatoms. The van der Waals surface area contributed by atoms with Crippen LogP contribution >= 0.6 is 0 Å². The van der Waals surface area contributed by atoms with Crippen molar-refractivity contribution < 1.29 is 19.0 Å². The Morgan fingerprint density at radius 3 is 2.35 bits per heavy atom. The Balaban J connectivity index is 2.51. The van der Waals surface area contributed by atoms with E-state index in [9.17, 15) is 4.79 Å². The van der Waals surface area contributed by atoms with Gasteiger partial charge in [-0.15, -0.1) is 0 Å². The van der Waals surface area contributed by atoms with Gasteiger partial charge in [0.25, 0.3) is 6.29 Å². The van der Waals surface area contributed by atoms with Crippen LogP contribution in [0.2, 0.25) is 0 Å². The average Bonchev–Trinajstić information content (AvgIpc) is 2.45. The van der Waals surface area contributed by atoms with Gasteiger partial charge in [0.2, 0.25) is 0 Å². The molecular weight excluding hydrogens is 258 g/mol. The van der Waals surface area contributed by atoms with Crippen LogP contribution in [0.25, 0.3) is 0 Å². The molecule has 0 heterocycles. The number of benzene rings is 1. The maximum absolute atomic E-state index is 11.3. The highest BCUT2D eigenvalue weighted by Gasteiger charge is 2.20. The first-order chi connectivity index (χ1) is 9.56. The predicted octanol–water partition coefficient (Wildman–Crippen LogP) is 1.71. The molecule has 1 rings (SSSR count). The van der Waals surface area contributed by atoms with E-state index in [2.05, 4.69) is 23.7 Å². The summed E-state index contributed by atoms with van der Waals surface area (Å²) in [6.07, 6.45) is 1.10. The highest BCUT2D eigenvalue weighted by molar-refractivity contribution is 5.73. The SMILES string of the molecule is COC(=O)C(OC)Oc1ccc(CCCN(C)C)cc1. The lowest BCUT2D eigenvalue weighted by molar-refractivity contribution is -0.170. The molecule has 0 saturated heterocycles. The van der Waals surface area contributed by atoms with Crippen LogP contribution < -0.4 is 4.74 Å². The first-order valence-electron chi connectivity index (χ1n) is 6.57. The second kappa shape index (κ2) is 8.55. The van der Waals surface area contributed by atoms with Crippen molar-refractivity contribution in [3.63, 3.8) is 0 Å². The van der Waals surface area contributed by atoms with Crippen molar-refractivity contribution in [2.24, 2.45) is 0 Å². The van der Waals surface area contributed by atoms with Gasteiger partial charge in [0.1, 0.15) is 5.75 Å². The number of aryl methyl sites for hydroxylation is 1. The molecule has 0 saturated carbocycles. The third-order valence-electron chi connectivity index (χ3n) is 2.84. The van der Waals surface area contributed by atoms with Gasteiger partial charge in [0, 0.05) is 7.11 Å². The summed E-state index contributed by atoms with van der Waals surface area (Å²) in [4.78, 5) is 13.5.